The van der Waals surface area contributed by atoms with E-state index in [2.05, 4.69) is 4.72 Å². The van der Waals surface area contributed by atoms with Crippen molar-refractivity contribution < 1.29 is 22.7 Å². The molecule has 0 atom stereocenters. The molecule has 0 aliphatic carbocycles. The van der Waals surface area contributed by atoms with Gasteiger partial charge in [-0.3, -0.25) is 4.72 Å². The Bertz CT molecular complexity index is 855. The normalized spacial score (nSPS) is 11.2. The first-order valence-corrected chi connectivity index (χ1v) is 7.95. The second-order valence-electron chi connectivity index (χ2n) is 4.18. The fourth-order valence-electron chi connectivity index (χ4n) is 1.61. The highest BCUT2D eigenvalue weighted by Crippen LogP contribution is 2.26. The Labute approximate surface area is 135 Å². The molecule has 0 aromatic heterocycles. The molecule has 2 N–H and O–H groups in total. The summed E-state index contributed by atoms with van der Waals surface area (Å²) in [5, 5.41) is 9.22. The summed E-state index contributed by atoms with van der Waals surface area (Å²) in [6, 6.07) is 6.54. The van der Waals surface area contributed by atoms with Gasteiger partial charge in [-0.2, -0.15) is 0 Å². The van der Waals surface area contributed by atoms with Crippen molar-refractivity contribution in [2.45, 2.75) is 4.90 Å². The Morgan fingerprint density at radius 2 is 1.77 bits per heavy atom. The molecule has 0 radical (unpaired) electrons. The van der Waals surface area contributed by atoms with Crippen molar-refractivity contribution in [3.63, 3.8) is 0 Å². The number of sulfonamides is 1. The topological polar surface area (TPSA) is 83.5 Å². The lowest BCUT2D eigenvalue weighted by Gasteiger charge is -2.09. The van der Waals surface area contributed by atoms with Gasteiger partial charge in [-0.25, -0.2) is 17.6 Å². The van der Waals surface area contributed by atoms with Gasteiger partial charge in [0.1, 0.15) is 5.82 Å². The quantitative estimate of drug-likeness (QED) is 0.868. The molecule has 0 saturated heterocycles. The molecule has 0 heterocycles. The maximum absolute atomic E-state index is 13.3. The number of hydrogen-bond donors (Lipinski definition) is 2. The molecular weight excluding hydrogens is 356 g/mol. The Kier molecular flexibility index (Phi) is 4.60. The van der Waals surface area contributed by atoms with Gasteiger partial charge in [0.15, 0.2) is 0 Å². The van der Waals surface area contributed by atoms with Crippen LogP contribution >= 0.6 is 23.2 Å². The summed E-state index contributed by atoms with van der Waals surface area (Å²) in [6.07, 6.45) is 0. The maximum Gasteiger partial charge on any atom is 0.338 e. The van der Waals surface area contributed by atoms with Crippen molar-refractivity contribution >= 4 is 44.9 Å². The number of carbonyl (C=O) groups is 1. The molecule has 0 aliphatic heterocycles. The number of halogens is 3. The number of rotatable bonds is 4. The summed E-state index contributed by atoms with van der Waals surface area (Å²) in [7, 11) is -4.10. The molecule has 0 unspecified atom stereocenters. The van der Waals surface area contributed by atoms with Crippen LogP contribution in [0.4, 0.5) is 10.1 Å². The van der Waals surface area contributed by atoms with Crippen LogP contribution in [0, 0.1) is 5.82 Å². The molecule has 22 heavy (non-hydrogen) atoms. The zero-order chi connectivity index (χ0) is 16.5. The van der Waals surface area contributed by atoms with Crippen molar-refractivity contribution in [3.05, 3.63) is 57.8 Å². The number of aromatic carboxylic acids is 1. The Morgan fingerprint density at radius 1 is 1.09 bits per heavy atom. The van der Waals surface area contributed by atoms with E-state index in [1.165, 1.54) is 18.2 Å². The predicted octanol–water partition coefficient (Wildman–Crippen LogP) is 3.63. The standard InChI is InChI=1S/C13H8Cl2FNO4S/c14-10-3-1-7(5-11(10)15)17-22(20,21)8-2-4-12(16)9(6-8)13(18)19/h1-6,17H,(H,18,19). The van der Waals surface area contributed by atoms with Gasteiger partial charge < -0.3 is 5.11 Å². The van der Waals surface area contributed by atoms with Crippen LogP contribution in [0.2, 0.25) is 10.0 Å². The number of benzene rings is 2. The molecule has 2 aromatic rings. The molecular formula is C13H8Cl2FNO4S. The van der Waals surface area contributed by atoms with Crippen LogP contribution in [0.5, 0.6) is 0 Å². The number of carboxylic acid groups (broad SMARTS) is 1. The second-order valence-corrected chi connectivity index (χ2v) is 6.68. The Hall–Kier alpha value is -1.83. The first kappa shape index (κ1) is 16.5. The van der Waals surface area contributed by atoms with Crippen LogP contribution in [0.1, 0.15) is 10.4 Å². The van der Waals surface area contributed by atoms with Gasteiger partial charge in [0.05, 0.1) is 26.2 Å². The molecule has 0 aliphatic rings. The van der Waals surface area contributed by atoms with Crippen LogP contribution in [0.25, 0.3) is 0 Å². The summed E-state index contributed by atoms with van der Waals surface area (Å²) < 4.78 is 39.9. The minimum Gasteiger partial charge on any atom is -0.478 e. The van der Waals surface area contributed by atoms with E-state index in [1.54, 1.807) is 0 Å². The summed E-state index contributed by atoms with van der Waals surface area (Å²) >= 11 is 11.5. The molecule has 0 bridgehead atoms. The third kappa shape index (κ3) is 3.49. The number of nitrogens with one attached hydrogen (secondary N) is 1. The van der Waals surface area contributed by atoms with Gasteiger partial charge >= 0.3 is 5.97 Å². The predicted molar refractivity (Wildman–Crippen MR) is 80.6 cm³/mol. The smallest absolute Gasteiger partial charge is 0.338 e. The Morgan fingerprint density at radius 3 is 2.36 bits per heavy atom. The SMILES string of the molecule is O=C(O)c1cc(S(=O)(=O)Nc2ccc(Cl)c(Cl)c2)ccc1F. The van der Waals surface area contributed by atoms with Crippen molar-refractivity contribution in [2.75, 3.05) is 4.72 Å². The number of hydrogen-bond acceptors (Lipinski definition) is 3. The first-order chi connectivity index (χ1) is 10.2. The lowest BCUT2D eigenvalue weighted by Crippen LogP contribution is -2.14. The highest BCUT2D eigenvalue weighted by molar-refractivity contribution is 7.92. The average Bonchev–Trinajstić information content (AvgIpc) is 2.42. The number of carboxylic acids is 1. The molecule has 9 heteroatoms. The van der Waals surface area contributed by atoms with Gasteiger partial charge in [-0.15, -0.1) is 0 Å². The third-order valence-electron chi connectivity index (χ3n) is 2.65. The number of anilines is 1. The zero-order valence-electron chi connectivity index (χ0n) is 10.7. The van der Waals surface area contributed by atoms with Crippen molar-refractivity contribution in [2.24, 2.45) is 0 Å². The molecule has 2 rings (SSSR count). The maximum atomic E-state index is 13.3. The van der Waals surface area contributed by atoms with Crippen LogP contribution < -0.4 is 4.72 Å². The lowest BCUT2D eigenvalue weighted by atomic mass is 10.2. The molecule has 0 saturated carbocycles. The van der Waals surface area contributed by atoms with Gasteiger partial charge in [-0.05, 0) is 36.4 Å². The van der Waals surface area contributed by atoms with Crippen molar-refractivity contribution in [1.29, 1.82) is 0 Å². The van der Waals surface area contributed by atoms with E-state index in [1.807, 2.05) is 0 Å². The van der Waals surface area contributed by atoms with E-state index in [0.717, 1.165) is 18.2 Å². The van der Waals surface area contributed by atoms with Gasteiger partial charge in [0.25, 0.3) is 10.0 Å². The van der Waals surface area contributed by atoms with E-state index >= 15 is 0 Å². The zero-order valence-corrected chi connectivity index (χ0v) is 13.0. The molecule has 5 nitrogen and oxygen atoms in total. The fraction of sp³-hybridized carbons (Fsp3) is 0. The average molecular weight is 364 g/mol. The lowest BCUT2D eigenvalue weighted by molar-refractivity contribution is 0.0691. The molecule has 2 aromatic carbocycles. The van der Waals surface area contributed by atoms with Crippen LogP contribution in [0.15, 0.2) is 41.3 Å². The van der Waals surface area contributed by atoms with E-state index in [0.29, 0.717) is 0 Å². The first-order valence-electron chi connectivity index (χ1n) is 5.71. The largest absolute Gasteiger partial charge is 0.478 e. The van der Waals surface area contributed by atoms with E-state index in [9.17, 15) is 17.6 Å². The van der Waals surface area contributed by atoms with Gasteiger partial charge in [-0.1, -0.05) is 23.2 Å². The molecule has 0 amide bonds. The van der Waals surface area contributed by atoms with Crippen molar-refractivity contribution in [1.82, 2.24) is 0 Å². The summed E-state index contributed by atoms with van der Waals surface area (Å²) in [6.45, 7) is 0. The molecule has 0 spiro atoms. The highest BCUT2D eigenvalue weighted by Gasteiger charge is 2.19. The second kappa shape index (κ2) is 6.12. The minimum atomic E-state index is -4.10. The fourth-order valence-corrected chi connectivity index (χ4v) is 2.98. The highest BCUT2D eigenvalue weighted by atomic mass is 35.5. The summed E-state index contributed by atoms with van der Waals surface area (Å²) in [5.41, 5.74) is -0.604. The Balaban J connectivity index is 2.40. The van der Waals surface area contributed by atoms with Crippen LogP contribution in [0.3, 0.4) is 0 Å². The van der Waals surface area contributed by atoms with Gasteiger partial charge in [0.2, 0.25) is 0 Å². The van der Waals surface area contributed by atoms with Crippen LogP contribution in [-0.2, 0) is 10.0 Å². The van der Waals surface area contributed by atoms with E-state index in [4.69, 9.17) is 28.3 Å². The monoisotopic (exact) mass is 363 g/mol. The van der Waals surface area contributed by atoms with E-state index < -0.39 is 32.3 Å². The molecule has 116 valence electrons. The summed E-state index contributed by atoms with van der Waals surface area (Å²) in [5.74, 6) is -2.59. The van der Waals surface area contributed by atoms with E-state index in [-0.39, 0.29) is 15.7 Å². The molecule has 0 fully saturated rings. The van der Waals surface area contributed by atoms with Gasteiger partial charge in [0, 0.05) is 0 Å². The third-order valence-corrected chi connectivity index (χ3v) is 4.77. The summed E-state index contributed by atoms with van der Waals surface area (Å²) in [4.78, 5) is 10.5. The minimum absolute atomic E-state index is 0.135. The van der Waals surface area contributed by atoms with Crippen molar-refractivity contribution in [3.8, 4) is 0 Å². The van der Waals surface area contributed by atoms with Crippen LogP contribution in [-0.4, -0.2) is 19.5 Å².